The average Bonchev–Trinajstić information content (AvgIpc) is 2.76. The molecule has 0 saturated heterocycles. The van der Waals surface area contributed by atoms with E-state index in [-0.39, 0.29) is 0 Å². The third-order valence-electron chi connectivity index (χ3n) is 4.93. The Bertz CT molecular complexity index is 209. The fraction of sp³-hybridized carbons (Fsp3) is 1.00. The number of halogens is 1. The Labute approximate surface area is 80.7 Å². The lowest BCUT2D eigenvalue weighted by Crippen LogP contribution is -2.07. The van der Waals surface area contributed by atoms with Crippen molar-refractivity contribution in [3.8, 4) is 0 Å². The molecular weight excluding hydrogens is 168 g/mol. The summed E-state index contributed by atoms with van der Waals surface area (Å²) in [5.41, 5.74) is 1.07. The maximum atomic E-state index is 5.99. The van der Waals surface area contributed by atoms with Crippen LogP contribution in [-0.4, -0.2) is 5.88 Å². The van der Waals surface area contributed by atoms with Crippen LogP contribution < -0.4 is 0 Å². The molecule has 0 radical (unpaired) electrons. The van der Waals surface area contributed by atoms with Crippen molar-refractivity contribution in [2.24, 2.45) is 28.6 Å². The summed E-state index contributed by atoms with van der Waals surface area (Å²) < 4.78 is 0. The highest BCUT2D eigenvalue weighted by Gasteiger charge is 2.73. The fourth-order valence-corrected chi connectivity index (χ4v) is 4.09. The molecule has 2 aliphatic rings. The van der Waals surface area contributed by atoms with E-state index >= 15 is 0 Å². The minimum Gasteiger partial charge on any atom is -0.126 e. The molecule has 0 nitrogen and oxygen atoms in total. The first kappa shape index (κ1) is 8.87. The van der Waals surface area contributed by atoms with Crippen LogP contribution in [0.2, 0.25) is 0 Å². The molecule has 2 aliphatic carbocycles. The van der Waals surface area contributed by atoms with Crippen molar-refractivity contribution in [1.29, 1.82) is 0 Å². The van der Waals surface area contributed by atoms with Crippen molar-refractivity contribution in [1.82, 2.24) is 0 Å². The maximum Gasteiger partial charge on any atom is 0.0262 e. The van der Waals surface area contributed by atoms with E-state index in [1.165, 1.54) is 6.42 Å². The van der Waals surface area contributed by atoms with E-state index in [1.54, 1.807) is 0 Å². The van der Waals surface area contributed by atoms with E-state index in [0.29, 0.717) is 10.8 Å². The molecule has 0 aromatic carbocycles. The monoisotopic (exact) mass is 186 g/mol. The van der Waals surface area contributed by atoms with Crippen LogP contribution >= 0.6 is 11.6 Å². The molecule has 0 N–H and O–H groups in total. The summed E-state index contributed by atoms with van der Waals surface area (Å²) in [4.78, 5) is 0. The second-order valence-electron chi connectivity index (χ2n) is 5.53. The van der Waals surface area contributed by atoms with Gasteiger partial charge in [-0.05, 0) is 35.0 Å². The van der Waals surface area contributed by atoms with Crippen LogP contribution in [0.1, 0.15) is 34.1 Å². The van der Waals surface area contributed by atoms with Crippen molar-refractivity contribution < 1.29 is 0 Å². The summed E-state index contributed by atoms with van der Waals surface area (Å²) in [6.45, 7) is 9.57. The number of alkyl halides is 1. The molecular formula is C11H19Cl. The van der Waals surface area contributed by atoms with Gasteiger partial charge in [-0.2, -0.15) is 0 Å². The van der Waals surface area contributed by atoms with Crippen LogP contribution in [0.5, 0.6) is 0 Å². The van der Waals surface area contributed by atoms with Gasteiger partial charge >= 0.3 is 0 Å². The van der Waals surface area contributed by atoms with Gasteiger partial charge in [0.15, 0.2) is 0 Å². The summed E-state index contributed by atoms with van der Waals surface area (Å²) >= 11 is 5.99. The standard InChI is InChI=1S/C11H19Cl/c1-7-5-8(7)11(4)9(6-12)10(11,2)3/h7-9H,5-6H2,1-4H3. The topological polar surface area (TPSA) is 0 Å². The van der Waals surface area contributed by atoms with Crippen LogP contribution in [0.4, 0.5) is 0 Å². The molecule has 0 aromatic rings. The first-order valence-corrected chi connectivity index (χ1v) is 5.55. The van der Waals surface area contributed by atoms with Crippen LogP contribution in [0.15, 0.2) is 0 Å². The average molecular weight is 187 g/mol. The lowest BCUT2D eigenvalue weighted by atomic mass is 9.92. The van der Waals surface area contributed by atoms with Crippen LogP contribution in [0.25, 0.3) is 0 Å². The SMILES string of the molecule is CC1CC1C1(C)C(CCl)C1(C)C. The lowest BCUT2D eigenvalue weighted by Gasteiger charge is -2.13. The Kier molecular flexibility index (Phi) is 1.63. The van der Waals surface area contributed by atoms with Gasteiger partial charge in [-0.3, -0.25) is 0 Å². The van der Waals surface area contributed by atoms with Gasteiger partial charge in [0.1, 0.15) is 0 Å². The molecule has 0 heterocycles. The highest BCUT2D eigenvalue weighted by molar-refractivity contribution is 6.18. The zero-order valence-electron chi connectivity index (χ0n) is 8.52. The number of hydrogen-bond donors (Lipinski definition) is 0. The van der Waals surface area contributed by atoms with Crippen molar-refractivity contribution in [2.75, 3.05) is 5.88 Å². The molecule has 2 saturated carbocycles. The van der Waals surface area contributed by atoms with Crippen molar-refractivity contribution in [2.45, 2.75) is 34.1 Å². The van der Waals surface area contributed by atoms with Crippen molar-refractivity contribution in [3.63, 3.8) is 0 Å². The van der Waals surface area contributed by atoms with Gasteiger partial charge in [-0.1, -0.05) is 27.7 Å². The molecule has 0 spiro atoms. The smallest absolute Gasteiger partial charge is 0.0262 e. The molecule has 70 valence electrons. The predicted molar refractivity (Wildman–Crippen MR) is 53.4 cm³/mol. The summed E-state index contributed by atoms with van der Waals surface area (Å²) in [5, 5.41) is 0. The molecule has 0 aromatic heterocycles. The van der Waals surface area contributed by atoms with Gasteiger partial charge in [0.25, 0.3) is 0 Å². The Balaban J connectivity index is 2.14. The van der Waals surface area contributed by atoms with Crippen LogP contribution in [0.3, 0.4) is 0 Å². The van der Waals surface area contributed by atoms with E-state index in [2.05, 4.69) is 27.7 Å². The Morgan fingerprint density at radius 3 is 2.08 bits per heavy atom. The second-order valence-corrected chi connectivity index (χ2v) is 5.84. The molecule has 12 heavy (non-hydrogen) atoms. The molecule has 4 unspecified atom stereocenters. The largest absolute Gasteiger partial charge is 0.126 e. The first-order valence-electron chi connectivity index (χ1n) is 5.02. The second kappa shape index (κ2) is 2.20. The molecule has 0 bridgehead atoms. The van der Waals surface area contributed by atoms with Gasteiger partial charge in [0, 0.05) is 5.88 Å². The first-order chi connectivity index (χ1) is 5.46. The summed E-state index contributed by atoms with van der Waals surface area (Å²) in [6.07, 6.45) is 1.44. The van der Waals surface area contributed by atoms with Gasteiger partial charge in [0.2, 0.25) is 0 Å². The molecule has 4 atom stereocenters. The third kappa shape index (κ3) is 0.801. The van der Waals surface area contributed by atoms with E-state index in [9.17, 15) is 0 Å². The number of hydrogen-bond acceptors (Lipinski definition) is 0. The fourth-order valence-electron chi connectivity index (χ4n) is 3.38. The number of rotatable bonds is 2. The van der Waals surface area contributed by atoms with E-state index in [4.69, 9.17) is 11.6 Å². The zero-order valence-corrected chi connectivity index (χ0v) is 9.28. The minimum absolute atomic E-state index is 0.504. The zero-order chi connectivity index (χ0) is 9.15. The highest BCUT2D eigenvalue weighted by atomic mass is 35.5. The molecule has 0 amide bonds. The molecule has 2 fully saturated rings. The maximum absolute atomic E-state index is 5.99. The summed E-state index contributed by atoms with van der Waals surface area (Å²) in [5.74, 6) is 3.55. The van der Waals surface area contributed by atoms with Crippen molar-refractivity contribution in [3.05, 3.63) is 0 Å². The van der Waals surface area contributed by atoms with Gasteiger partial charge in [-0.15, -0.1) is 11.6 Å². The van der Waals surface area contributed by atoms with E-state index in [1.807, 2.05) is 0 Å². The van der Waals surface area contributed by atoms with E-state index in [0.717, 1.165) is 23.6 Å². The Morgan fingerprint density at radius 1 is 1.33 bits per heavy atom. The third-order valence-corrected chi connectivity index (χ3v) is 5.24. The van der Waals surface area contributed by atoms with Crippen molar-refractivity contribution >= 4 is 11.6 Å². The minimum atomic E-state index is 0.504. The lowest BCUT2D eigenvalue weighted by molar-refractivity contribution is 0.351. The van der Waals surface area contributed by atoms with Gasteiger partial charge in [-0.25, -0.2) is 0 Å². The Hall–Kier alpha value is 0.290. The molecule has 0 aliphatic heterocycles. The Morgan fingerprint density at radius 2 is 1.83 bits per heavy atom. The quantitative estimate of drug-likeness (QED) is 0.579. The normalized spacial score (nSPS) is 55.2. The highest BCUT2D eigenvalue weighted by Crippen LogP contribution is 2.78. The summed E-state index contributed by atoms with van der Waals surface area (Å²) in [7, 11) is 0. The van der Waals surface area contributed by atoms with Gasteiger partial charge < -0.3 is 0 Å². The van der Waals surface area contributed by atoms with Crippen LogP contribution in [-0.2, 0) is 0 Å². The van der Waals surface area contributed by atoms with Gasteiger partial charge in [0.05, 0.1) is 0 Å². The van der Waals surface area contributed by atoms with Crippen LogP contribution in [0, 0.1) is 28.6 Å². The summed E-state index contributed by atoms with van der Waals surface area (Å²) in [6, 6.07) is 0. The molecule has 2 rings (SSSR count). The van der Waals surface area contributed by atoms with E-state index < -0.39 is 0 Å². The molecule has 1 heteroatoms. The predicted octanol–water partition coefficient (Wildman–Crippen LogP) is 3.54.